The molecule has 0 bridgehead atoms. The molecule has 9 heteroatoms. The third-order valence-electron chi connectivity index (χ3n) is 6.65. The Hall–Kier alpha value is -4.11. The van der Waals surface area contributed by atoms with Gasteiger partial charge in [-0.05, 0) is 84.5 Å². The van der Waals surface area contributed by atoms with Gasteiger partial charge >= 0.3 is 5.97 Å². The molecule has 1 heterocycles. The molecule has 4 aromatic rings. The number of aryl methyl sites for hydroxylation is 1. The topological polar surface area (TPSA) is 121 Å². The van der Waals surface area contributed by atoms with E-state index in [0.717, 1.165) is 30.4 Å². The number of aromatic carboxylic acids is 1. The number of halogens is 1. The summed E-state index contributed by atoms with van der Waals surface area (Å²) in [6.45, 7) is 0.423. The van der Waals surface area contributed by atoms with Gasteiger partial charge in [0.25, 0.3) is 5.91 Å². The predicted molar refractivity (Wildman–Crippen MR) is 147 cm³/mol. The van der Waals surface area contributed by atoms with E-state index in [-0.39, 0.29) is 28.8 Å². The fourth-order valence-electron chi connectivity index (χ4n) is 4.64. The van der Waals surface area contributed by atoms with Gasteiger partial charge in [-0.2, -0.15) is 0 Å². The first-order valence-electron chi connectivity index (χ1n) is 12.5. The second kappa shape index (κ2) is 11.7. The molecule has 8 nitrogen and oxygen atoms in total. The van der Waals surface area contributed by atoms with E-state index in [9.17, 15) is 19.8 Å². The number of nitrogens with one attached hydrogen (secondary N) is 2. The molecular formula is C30H27ClN2O6. The number of hydrogen-bond donors (Lipinski definition) is 4. The van der Waals surface area contributed by atoms with Crippen LogP contribution in [0.3, 0.4) is 0 Å². The lowest BCUT2D eigenvalue weighted by Crippen LogP contribution is -2.37. The van der Waals surface area contributed by atoms with Gasteiger partial charge in [0.05, 0.1) is 17.9 Å². The molecule has 0 aliphatic heterocycles. The van der Waals surface area contributed by atoms with Crippen LogP contribution in [-0.2, 0) is 12.8 Å². The molecule has 0 saturated carbocycles. The number of rotatable bonds is 9. The normalized spacial score (nSPS) is 15.3. The van der Waals surface area contributed by atoms with Crippen LogP contribution in [0.1, 0.15) is 50.1 Å². The van der Waals surface area contributed by atoms with Crippen LogP contribution in [0.4, 0.5) is 5.69 Å². The van der Waals surface area contributed by atoms with Gasteiger partial charge < -0.3 is 30.0 Å². The highest BCUT2D eigenvalue weighted by molar-refractivity contribution is 6.30. The van der Waals surface area contributed by atoms with Gasteiger partial charge in [0.15, 0.2) is 5.76 Å². The smallest absolute Gasteiger partial charge is 0.335 e. The third-order valence-corrected chi connectivity index (χ3v) is 6.90. The molecule has 1 aliphatic carbocycles. The van der Waals surface area contributed by atoms with E-state index >= 15 is 0 Å². The van der Waals surface area contributed by atoms with E-state index < -0.39 is 18.0 Å². The second-order valence-electron chi connectivity index (χ2n) is 9.43. The number of ether oxygens (including phenoxy) is 1. The summed E-state index contributed by atoms with van der Waals surface area (Å²) in [5.41, 5.74) is 3.40. The van der Waals surface area contributed by atoms with E-state index in [1.807, 2.05) is 30.3 Å². The van der Waals surface area contributed by atoms with Gasteiger partial charge in [0, 0.05) is 29.4 Å². The van der Waals surface area contributed by atoms with Gasteiger partial charge in [-0.1, -0.05) is 29.8 Å². The van der Waals surface area contributed by atoms with Crippen LogP contribution >= 0.6 is 11.6 Å². The minimum Gasteiger partial charge on any atom is -0.478 e. The molecular weight excluding hydrogens is 520 g/mol. The first-order valence-corrected chi connectivity index (χ1v) is 12.9. The minimum absolute atomic E-state index is 0.0243. The summed E-state index contributed by atoms with van der Waals surface area (Å²) >= 11 is 5.94. The van der Waals surface area contributed by atoms with E-state index in [0.29, 0.717) is 17.3 Å². The zero-order valence-corrected chi connectivity index (χ0v) is 21.6. The lowest BCUT2D eigenvalue weighted by atomic mass is 9.88. The van der Waals surface area contributed by atoms with Crippen molar-refractivity contribution in [3.8, 4) is 11.5 Å². The number of carbonyl (C=O) groups is 2. The Morgan fingerprint density at radius 1 is 1.03 bits per heavy atom. The van der Waals surface area contributed by atoms with Crippen LogP contribution in [0.5, 0.6) is 11.5 Å². The molecule has 0 unspecified atom stereocenters. The fraction of sp³-hybridized carbons (Fsp3) is 0.200. The van der Waals surface area contributed by atoms with Gasteiger partial charge in [-0.3, -0.25) is 4.79 Å². The summed E-state index contributed by atoms with van der Waals surface area (Å²) in [5, 5.41) is 26.8. The van der Waals surface area contributed by atoms with Crippen molar-refractivity contribution < 1.29 is 29.0 Å². The van der Waals surface area contributed by atoms with Crippen molar-refractivity contribution in [2.75, 3.05) is 11.9 Å². The number of furan rings is 1. The van der Waals surface area contributed by atoms with Crippen LogP contribution in [-0.4, -0.2) is 34.7 Å². The molecule has 0 spiro atoms. The van der Waals surface area contributed by atoms with Crippen LogP contribution < -0.4 is 15.4 Å². The van der Waals surface area contributed by atoms with E-state index in [1.54, 1.807) is 24.3 Å². The summed E-state index contributed by atoms with van der Waals surface area (Å²) < 4.78 is 11.1. The highest BCUT2D eigenvalue weighted by Gasteiger charge is 2.21. The summed E-state index contributed by atoms with van der Waals surface area (Å²) in [4.78, 5) is 24.1. The van der Waals surface area contributed by atoms with Gasteiger partial charge in [-0.15, -0.1) is 0 Å². The van der Waals surface area contributed by atoms with Gasteiger partial charge in [0.2, 0.25) is 0 Å². The third kappa shape index (κ3) is 6.67. The monoisotopic (exact) mass is 546 g/mol. The highest BCUT2D eigenvalue weighted by atomic mass is 35.5. The molecule has 39 heavy (non-hydrogen) atoms. The summed E-state index contributed by atoms with van der Waals surface area (Å²) in [5.74, 6) is -0.699. The maximum Gasteiger partial charge on any atom is 0.335 e. The molecule has 3 aromatic carbocycles. The van der Waals surface area contributed by atoms with Crippen molar-refractivity contribution in [2.45, 2.75) is 31.4 Å². The van der Waals surface area contributed by atoms with E-state index in [2.05, 4.69) is 10.6 Å². The fourth-order valence-corrected chi connectivity index (χ4v) is 4.77. The van der Waals surface area contributed by atoms with E-state index in [4.69, 9.17) is 20.8 Å². The molecule has 1 aliphatic rings. The Balaban J connectivity index is 1.26. The number of amides is 1. The molecule has 1 amide bonds. The molecule has 0 fully saturated rings. The number of aliphatic hydroxyl groups is 1. The Morgan fingerprint density at radius 2 is 1.85 bits per heavy atom. The molecule has 4 N–H and O–H groups in total. The maximum absolute atomic E-state index is 12.4. The van der Waals surface area contributed by atoms with Crippen molar-refractivity contribution in [1.82, 2.24) is 5.32 Å². The number of fused-ring (bicyclic) bond motifs is 1. The first kappa shape index (κ1) is 26.5. The quantitative estimate of drug-likeness (QED) is 0.207. The number of benzene rings is 3. The highest BCUT2D eigenvalue weighted by Crippen LogP contribution is 2.31. The first-order chi connectivity index (χ1) is 18.8. The lowest BCUT2D eigenvalue weighted by molar-refractivity contribution is 0.0696. The van der Waals surface area contributed by atoms with Crippen molar-refractivity contribution in [3.63, 3.8) is 0 Å². The molecule has 0 saturated heterocycles. The summed E-state index contributed by atoms with van der Waals surface area (Å²) in [7, 11) is 0. The second-order valence-corrected chi connectivity index (χ2v) is 9.87. The van der Waals surface area contributed by atoms with Crippen LogP contribution in [0.2, 0.25) is 5.02 Å². The number of anilines is 1. The zero-order valence-electron chi connectivity index (χ0n) is 20.9. The number of carbonyl (C=O) groups excluding carboxylic acids is 1. The number of carboxylic acids is 1. The van der Waals surface area contributed by atoms with Crippen molar-refractivity contribution in [3.05, 3.63) is 112 Å². The minimum atomic E-state index is -1.14. The van der Waals surface area contributed by atoms with Crippen LogP contribution in [0.25, 0.3) is 0 Å². The Kier molecular flexibility index (Phi) is 7.97. The molecule has 5 rings (SSSR count). The van der Waals surface area contributed by atoms with Crippen molar-refractivity contribution in [1.29, 1.82) is 0 Å². The maximum atomic E-state index is 12.4. The summed E-state index contributed by atoms with van der Waals surface area (Å²) in [6, 6.07) is 20.6. The molecule has 0 radical (unpaired) electrons. The van der Waals surface area contributed by atoms with Crippen molar-refractivity contribution in [2.24, 2.45) is 0 Å². The standard InChI is InChI=1S/C30H27ClN2O6/c31-22-7-3-19(4-8-22)27(34)17-32-23-9-5-18-6-10-25(14-20(18)12-23)39-26-15-21(30(36)37)13-24(16-26)33-29(35)28-2-1-11-38-28/h1-4,6-8,10-11,13-16,23,27,32,34H,5,9,12,17H2,(H,33,35)(H,36,37)/t23-,27+/m0/s1. The zero-order chi connectivity index (χ0) is 27.4. The molecule has 200 valence electrons. The van der Waals surface area contributed by atoms with Crippen LogP contribution in [0, 0.1) is 0 Å². The molecule has 1 aromatic heterocycles. The average molecular weight is 547 g/mol. The van der Waals surface area contributed by atoms with Crippen LogP contribution in [0.15, 0.2) is 83.5 Å². The van der Waals surface area contributed by atoms with E-state index in [1.165, 1.54) is 30.0 Å². The average Bonchev–Trinajstić information content (AvgIpc) is 3.47. The number of aliphatic hydroxyl groups excluding tert-OH is 1. The predicted octanol–water partition coefficient (Wildman–Crippen LogP) is 5.86. The van der Waals surface area contributed by atoms with Gasteiger partial charge in [0.1, 0.15) is 11.5 Å². The Bertz CT molecular complexity index is 1470. The Morgan fingerprint density at radius 3 is 2.59 bits per heavy atom. The lowest BCUT2D eigenvalue weighted by Gasteiger charge is -2.27. The van der Waals surface area contributed by atoms with Crippen molar-refractivity contribution >= 4 is 29.2 Å². The van der Waals surface area contributed by atoms with Gasteiger partial charge in [-0.25, -0.2) is 4.79 Å². The number of carboxylic acid groups (broad SMARTS) is 1. The Labute approximate surface area is 230 Å². The SMILES string of the molecule is O=C(O)c1cc(NC(=O)c2ccco2)cc(Oc2ccc3c(c2)C[C@@H](NC[C@@H](O)c2ccc(Cl)cc2)CC3)c1. The largest absolute Gasteiger partial charge is 0.478 e. The summed E-state index contributed by atoms with van der Waals surface area (Å²) in [6.07, 6.45) is 3.35. The number of hydrogen-bond acceptors (Lipinski definition) is 6. The molecule has 2 atom stereocenters.